The van der Waals surface area contributed by atoms with Crippen molar-refractivity contribution in [3.8, 4) is 11.5 Å². The Bertz CT molecular complexity index is 738. The highest BCUT2D eigenvalue weighted by Crippen LogP contribution is 2.64. The Labute approximate surface area is 139 Å². The number of likely N-dealkylation sites (tertiary alicyclic amines) is 1. The average molecular weight is 335 g/mol. The van der Waals surface area contributed by atoms with Gasteiger partial charge in [-0.2, -0.15) is 0 Å². The van der Waals surface area contributed by atoms with Gasteiger partial charge in [-0.25, -0.2) is 0 Å². The maximum absolute atomic E-state index is 12.7. The third kappa shape index (κ3) is 1.45. The maximum Gasteiger partial charge on any atom is 0.174 e. The molecular weight excluding hydrogens is 313 g/mol. The quantitative estimate of drug-likeness (QED) is 0.836. The van der Waals surface area contributed by atoms with E-state index in [1.165, 1.54) is 5.56 Å². The van der Waals surface area contributed by atoms with Crippen molar-refractivity contribution in [2.24, 2.45) is 0 Å². The van der Waals surface area contributed by atoms with Gasteiger partial charge in [-0.3, -0.25) is 9.50 Å². The molecule has 2 aliphatic carbocycles. The normalized spacial score (nSPS) is 38.9. The number of likely N-dealkylation sites (N-methyl/N-ethyl adjacent to an activating group) is 1. The highest BCUT2D eigenvalue weighted by molar-refractivity contribution is 5.90. The molecule has 4 atom stereocenters. The van der Waals surface area contributed by atoms with Gasteiger partial charge in [0.1, 0.15) is 0 Å². The number of hydrogen-bond acceptors (Lipinski definition) is 5. The first-order valence-electron chi connectivity index (χ1n) is 8.35. The van der Waals surface area contributed by atoms with Gasteiger partial charge < -0.3 is 19.5 Å². The summed E-state index contributed by atoms with van der Waals surface area (Å²) in [6, 6.07) is 4.05. The van der Waals surface area contributed by atoms with Crippen LogP contribution in [0.1, 0.15) is 30.4 Å². The van der Waals surface area contributed by atoms with E-state index in [9.17, 15) is 9.90 Å². The van der Waals surface area contributed by atoms with Crippen molar-refractivity contribution < 1.29 is 24.1 Å². The standard InChI is InChI=1S/C18H21NO4.FH/c1-19-8-7-17-14-10-3-4-12(22-2)15(14)23-16(17)11(20)5-6-18(17,21)13(19)9-10;/h3-4,13,16,21H,5-9H2,1-2H3;1H/t13-,16+,17+,18-;/m1./s1. The number of hydrogen-bond donors (Lipinski definition) is 1. The Morgan fingerprint density at radius 2 is 2.17 bits per heavy atom. The van der Waals surface area contributed by atoms with E-state index >= 15 is 0 Å². The van der Waals surface area contributed by atoms with Crippen molar-refractivity contribution in [1.29, 1.82) is 0 Å². The minimum Gasteiger partial charge on any atom is -0.493 e. The highest BCUT2D eigenvalue weighted by Gasteiger charge is 2.72. The van der Waals surface area contributed by atoms with Crippen LogP contribution in [-0.4, -0.2) is 54.2 Å². The number of piperidine rings is 1. The van der Waals surface area contributed by atoms with Crippen LogP contribution in [-0.2, 0) is 16.6 Å². The molecule has 1 aromatic carbocycles. The summed E-state index contributed by atoms with van der Waals surface area (Å²) in [4.78, 5) is 14.9. The lowest BCUT2D eigenvalue weighted by atomic mass is 9.49. The average Bonchev–Trinajstić information content (AvgIpc) is 2.90. The number of halogens is 1. The van der Waals surface area contributed by atoms with Crippen molar-refractivity contribution in [3.63, 3.8) is 0 Å². The number of Topliss-reactive ketones (excluding diaryl/α,β-unsaturated/α-hetero) is 1. The Kier molecular flexibility index (Phi) is 3.10. The highest BCUT2D eigenvalue weighted by atomic mass is 19.0. The molecule has 2 heterocycles. The van der Waals surface area contributed by atoms with Crippen molar-refractivity contribution in [2.75, 3.05) is 20.7 Å². The Balaban J connectivity index is 0.00000146. The Morgan fingerprint density at radius 1 is 1.38 bits per heavy atom. The number of benzene rings is 1. The molecule has 0 radical (unpaired) electrons. The molecule has 6 heteroatoms. The summed E-state index contributed by atoms with van der Waals surface area (Å²) in [6.45, 7) is 0.871. The van der Waals surface area contributed by atoms with Crippen LogP contribution < -0.4 is 9.47 Å². The largest absolute Gasteiger partial charge is 0.493 e. The van der Waals surface area contributed by atoms with Crippen molar-refractivity contribution in [1.82, 2.24) is 4.90 Å². The number of rotatable bonds is 1. The van der Waals surface area contributed by atoms with Crippen LogP contribution in [0.2, 0.25) is 0 Å². The first-order valence-corrected chi connectivity index (χ1v) is 8.35. The molecule has 2 bridgehead atoms. The molecule has 1 aromatic rings. The van der Waals surface area contributed by atoms with Crippen LogP contribution in [0.25, 0.3) is 0 Å². The number of carbonyl (C=O) groups excluding carboxylic acids is 1. The smallest absolute Gasteiger partial charge is 0.174 e. The topological polar surface area (TPSA) is 59.0 Å². The van der Waals surface area contributed by atoms with Crippen molar-refractivity contribution in [2.45, 2.75) is 48.8 Å². The molecule has 0 unspecified atom stereocenters. The summed E-state index contributed by atoms with van der Waals surface area (Å²) in [5.74, 6) is 1.47. The van der Waals surface area contributed by atoms with Gasteiger partial charge in [0, 0.05) is 18.0 Å². The van der Waals surface area contributed by atoms with Gasteiger partial charge in [0.15, 0.2) is 23.4 Å². The van der Waals surface area contributed by atoms with E-state index in [1.54, 1.807) is 7.11 Å². The zero-order valence-corrected chi connectivity index (χ0v) is 13.9. The van der Waals surface area contributed by atoms with E-state index in [2.05, 4.69) is 18.0 Å². The van der Waals surface area contributed by atoms with Crippen LogP contribution >= 0.6 is 0 Å². The Morgan fingerprint density at radius 3 is 2.92 bits per heavy atom. The predicted molar refractivity (Wildman–Crippen MR) is 85.5 cm³/mol. The van der Waals surface area contributed by atoms with Gasteiger partial charge in [0.25, 0.3) is 0 Å². The molecule has 5 nitrogen and oxygen atoms in total. The molecule has 130 valence electrons. The number of methoxy groups -OCH3 is 1. The zero-order valence-electron chi connectivity index (χ0n) is 13.9. The summed E-state index contributed by atoms with van der Waals surface area (Å²) >= 11 is 0. The lowest BCUT2D eigenvalue weighted by molar-refractivity contribution is -0.185. The molecule has 2 fully saturated rings. The molecule has 5 rings (SSSR count). The number of carbonyl (C=O) groups is 1. The summed E-state index contributed by atoms with van der Waals surface area (Å²) in [6.07, 6.45) is 1.89. The van der Waals surface area contributed by atoms with Gasteiger partial charge in [-0.05, 0) is 44.5 Å². The fraction of sp³-hybridized carbons (Fsp3) is 0.611. The number of nitrogens with zero attached hydrogens (tertiary/aromatic N) is 1. The van der Waals surface area contributed by atoms with Gasteiger partial charge in [0.2, 0.25) is 0 Å². The van der Waals surface area contributed by atoms with E-state index in [1.807, 2.05) is 6.07 Å². The van der Waals surface area contributed by atoms with E-state index < -0.39 is 17.1 Å². The van der Waals surface area contributed by atoms with Crippen molar-refractivity contribution >= 4 is 5.78 Å². The monoisotopic (exact) mass is 335 g/mol. The fourth-order valence-corrected chi connectivity index (χ4v) is 5.69. The molecule has 0 aromatic heterocycles. The molecular formula is C18H22FNO4. The molecule has 0 amide bonds. The van der Waals surface area contributed by atoms with Crippen LogP contribution in [0.5, 0.6) is 11.5 Å². The summed E-state index contributed by atoms with van der Waals surface area (Å²) in [7, 11) is 3.70. The van der Waals surface area contributed by atoms with Gasteiger partial charge in [0.05, 0.1) is 18.1 Å². The molecule has 1 spiro atoms. The van der Waals surface area contributed by atoms with Gasteiger partial charge in [-0.15, -0.1) is 0 Å². The summed E-state index contributed by atoms with van der Waals surface area (Å²) in [5.41, 5.74) is 0.737. The Hall–Kier alpha value is -1.66. The maximum atomic E-state index is 12.7. The molecule has 24 heavy (non-hydrogen) atoms. The van der Waals surface area contributed by atoms with Crippen LogP contribution in [0.4, 0.5) is 4.70 Å². The van der Waals surface area contributed by atoms with Crippen LogP contribution in [0, 0.1) is 0 Å². The van der Waals surface area contributed by atoms with E-state index in [-0.39, 0.29) is 16.5 Å². The summed E-state index contributed by atoms with van der Waals surface area (Å²) in [5, 5.41) is 11.7. The molecule has 1 saturated carbocycles. The summed E-state index contributed by atoms with van der Waals surface area (Å²) < 4.78 is 11.6. The first kappa shape index (κ1) is 15.8. The predicted octanol–water partition coefficient (Wildman–Crippen LogP) is 1.20. The SMILES string of the molecule is COc1ccc2c3c1O[C@H]1C(=O)CC[C@@]4(O)[C@@H](C2)N(C)CC[C@]314.F. The van der Waals surface area contributed by atoms with Gasteiger partial charge in [-0.1, -0.05) is 6.07 Å². The van der Waals surface area contributed by atoms with E-state index in [4.69, 9.17) is 9.47 Å². The molecule has 2 aliphatic heterocycles. The molecule has 1 saturated heterocycles. The van der Waals surface area contributed by atoms with Crippen molar-refractivity contribution in [3.05, 3.63) is 23.3 Å². The zero-order chi connectivity index (χ0) is 16.0. The molecule has 1 N–H and O–H groups in total. The second kappa shape index (κ2) is 4.70. The lowest BCUT2D eigenvalue weighted by Crippen LogP contribution is -2.76. The third-order valence-corrected chi connectivity index (χ3v) is 6.73. The third-order valence-electron chi connectivity index (χ3n) is 6.73. The van der Waals surface area contributed by atoms with Gasteiger partial charge >= 0.3 is 0 Å². The molecule has 4 aliphatic rings. The van der Waals surface area contributed by atoms with E-state index in [0.29, 0.717) is 24.3 Å². The van der Waals surface area contributed by atoms with Crippen LogP contribution in [0.15, 0.2) is 12.1 Å². The minimum atomic E-state index is -0.900. The number of ketones is 1. The first-order chi connectivity index (χ1) is 11.0. The second-order valence-corrected chi connectivity index (χ2v) is 7.44. The minimum absolute atomic E-state index is 0. The number of ether oxygens (including phenoxy) is 2. The second-order valence-electron chi connectivity index (χ2n) is 7.44. The fourth-order valence-electron chi connectivity index (χ4n) is 5.69. The number of aliphatic hydroxyl groups is 1. The van der Waals surface area contributed by atoms with Crippen LogP contribution in [0.3, 0.4) is 0 Å². The lowest BCUT2D eigenvalue weighted by Gasteiger charge is -2.62. The van der Waals surface area contributed by atoms with E-state index in [0.717, 1.165) is 24.9 Å².